The highest BCUT2D eigenvalue weighted by Gasteiger charge is 2.13. The first-order valence-corrected chi connectivity index (χ1v) is 7.20. The van der Waals surface area contributed by atoms with Crippen molar-refractivity contribution >= 4 is 11.8 Å². The molecule has 0 aromatic heterocycles. The third-order valence-corrected chi connectivity index (χ3v) is 2.95. The van der Waals surface area contributed by atoms with Crippen LogP contribution in [0.25, 0.3) is 0 Å². The molecule has 5 heteroatoms. The number of rotatable bonds is 7. The van der Waals surface area contributed by atoms with Crippen molar-refractivity contribution in [2.75, 3.05) is 20.1 Å². The third kappa shape index (κ3) is 6.90. The monoisotopic (exact) mass is 291 g/mol. The molecule has 1 rings (SSSR count). The van der Waals surface area contributed by atoms with Crippen molar-refractivity contribution in [2.45, 2.75) is 32.9 Å². The Kier molecular flexibility index (Phi) is 6.88. The number of carbonyl (C=O) groups is 2. The smallest absolute Gasteiger partial charge is 0.234 e. The van der Waals surface area contributed by atoms with E-state index in [9.17, 15) is 9.59 Å². The molecule has 0 radical (unpaired) electrons. The van der Waals surface area contributed by atoms with Gasteiger partial charge in [-0.1, -0.05) is 30.3 Å². The predicted molar refractivity (Wildman–Crippen MR) is 83.8 cm³/mol. The van der Waals surface area contributed by atoms with Crippen LogP contribution in [0.3, 0.4) is 0 Å². The summed E-state index contributed by atoms with van der Waals surface area (Å²) in [5.74, 6) is -0.164. The number of carbonyl (C=O) groups excluding carboxylic acids is 2. The van der Waals surface area contributed by atoms with E-state index in [1.165, 1.54) is 0 Å². The second-order valence-corrected chi connectivity index (χ2v) is 5.59. The fourth-order valence-corrected chi connectivity index (χ4v) is 2.03. The highest BCUT2D eigenvalue weighted by atomic mass is 16.2. The highest BCUT2D eigenvalue weighted by Crippen LogP contribution is 2.10. The van der Waals surface area contributed by atoms with Gasteiger partial charge < -0.3 is 10.6 Å². The Labute approximate surface area is 126 Å². The summed E-state index contributed by atoms with van der Waals surface area (Å²) in [5.41, 5.74) is 1.06. The van der Waals surface area contributed by atoms with Crippen molar-refractivity contribution in [1.82, 2.24) is 15.5 Å². The lowest BCUT2D eigenvalue weighted by molar-refractivity contribution is -0.125. The molecule has 0 saturated carbocycles. The van der Waals surface area contributed by atoms with Crippen molar-refractivity contribution in [2.24, 2.45) is 0 Å². The molecule has 0 spiro atoms. The van der Waals surface area contributed by atoms with Gasteiger partial charge in [-0.05, 0) is 33.4 Å². The molecule has 0 unspecified atom stereocenters. The summed E-state index contributed by atoms with van der Waals surface area (Å²) in [5, 5.41) is 5.73. The number of nitrogens with one attached hydrogen (secondary N) is 2. The number of amides is 2. The first-order valence-electron chi connectivity index (χ1n) is 7.20. The van der Waals surface area contributed by atoms with Gasteiger partial charge in [-0.2, -0.15) is 0 Å². The minimum atomic E-state index is -0.0915. The van der Waals surface area contributed by atoms with Gasteiger partial charge in [0.2, 0.25) is 11.8 Å². The van der Waals surface area contributed by atoms with Crippen molar-refractivity contribution < 1.29 is 9.59 Å². The van der Waals surface area contributed by atoms with Crippen molar-refractivity contribution in [3.05, 3.63) is 35.9 Å². The Hall–Kier alpha value is -1.88. The van der Waals surface area contributed by atoms with Gasteiger partial charge in [0.25, 0.3) is 0 Å². The summed E-state index contributed by atoms with van der Waals surface area (Å²) in [6, 6.07) is 9.85. The second-order valence-electron chi connectivity index (χ2n) is 5.59. The van der Waals surface area contributed by atoms with Crippen molar-refractivity contribution in [3.8, 4) is 0 Å². The molecule has 2 amide bonds. The first-order chi connectivity index (χ1) is 9.88. The Balaban J connectivity index is 2.37. The van der Waals surface area contributed by atoms with E-state index in [4.69, 9.17) is 0 Å². The zero-order valence-electron chi connectivity index (χ0n) is 13.2. The minimum Gasteiger partial charge on any atom is -0.353 e. The molecule has 1 aromatic rings. The van der Waals surface area contributed by atoms with Crippen LogP contribution in [-0.4, -0.2) is 42.9 Å². The van der Waals surface area contributed by atoms with E-state index in [1.807, 2.05) is 51.1 Å². The predicted octanol–water partition coefficient (Wildman–Crippen LogP) is 1.32. The molecule has 0 aliphatic rings. The molecule has 0 aliphatic heterocycles. The van der Waals surface area contributed by atoms with E-state index < -0.39 is 0 Å². The lowest BCUT2D eigenvalue weighted by atomic mass is 10.1. The maximum Gasteiger partial charge on any atom is 0.234 e. The van der Waals surface area contributed by atoms with E-state index in [1.54, 1.807) is 11.9 Å². The molecule has 1 aromatic carbocycles. The van der Waals surface area contributed by atoms with E-state index in [0.29, 0.717) is 0 Å². The average Bonchev–Trinajstić information content (AvgIpc) is 2.37. The summed E-state index contributed by atoms with van der Waals surface area (Å²) >= 11 is 0. The van der Waals surface area contributed by atoms with Gasteiger partial charge in [0.1, 0.15) is 0 Å². The second kappa shape index (κ2) is 8.42. The van der Waals surface area contributed by atoms with Crippen LogP contribution >= 0.6 is 0 Å². The topological polar surface area (TPSA) is 61.4 Å². The number of nitrogens with zero attached hydrogens (tertiary/aromatic N) is 1. The average molecular weight is 291 g/mol. The fraction of sp³-hybridized carbons (Fsp3) is 0.500. The van der Waals surface area contributed by atoms with E-state index >= 15 is 0 Å². The highest BCUT2D eigenvalue weighted by molar-refractivity contribution is 5.81. The van der Waals surface area contributed by atoms with Crippen LogP contribution in [-0.2, 0) is 9.59 Å². The first kappa shape index (κ1) is 17.2. The van der Waals surface area contributed by atoms with Crippen LogP contribution in [0.2, 0.25) is 0 Å². The van der Waals surface area contributed by atoms with E-state index in [2.05, 4.69) is 10.6 Å². The largest absolute Gasteiger partial charge is 0.353 e. The van der Waals surface area contributed by atoms with Crippen molar-refractivity contribution in [1.29, 1.82) is 0 Å². The van der Waals surface area contributed by atoms with Crippen LogP contribution in [0.5, 0.6) is 0 Å². The molecule has 0 saturated heterocycles. The Bertz CT molecular complexity index is 460. The standard InChI is InChI=1S/C16H25N3O2/c1-12(2)17-15(20)10-19(4)11-16(21)18-13(3)14-8-6-5-7-9-14/h5-9,12-13H,10-11H2,1-4H3,(H,17,20)(H,18,21)/t13-/m0/s1. The van der Waals surface area contributed by atoms with Crippen LogP contribution in [0.15, 0.2) is 30.3 Å². The quantitative estimate of drug-likeness (QED) is 0.796. The molecule has 21 heavy (non-hydrogen) atoms. The van der Waals surface area contributed by atoms with Crippen LogP contribution in [0, 0.1) is 0 Å². The zero-order chi connectivity index (χ0) is 15.8. The van der Waals surface area contributed by atoms with E-state index in [0.717, 1.165) is 5.56 Å². The molecule has 0 bridgehead atoms. The van der Waals surface area contributed by atoms with Crippen LogP contribution in [0.4, 0.5) is 0 Å². The van der Waals surface area contributed by atoms with Crippen LogP contribution in [0.1, 0.15) is 32.4 Å². The number of benzene rings is 1. The van der Waals surface area contributed by atoms with Gasteiger partial charge in [-0.15, -0.1) is 0 Å². The summed E-state index contributed by atoms with van der Waals surface area (Å²) in [6.07, 6.45) is 0. The van der Waals surface area contributed by atoms with E-state index in [-0.39, 0.29) is 37.0 Å². The fourth-order valence-electron chi connectivity index (χ4n) is 2.03. The van der Waals surface area contributed by atoms with Gasteiger partial charge in [0.05, 0.1) is 19.1 Å². The Morgan fingerprint density at radius 2 is 1.52 bits per heavy atom. The number of hydrogen-bond acceptors (Lipinski definition) is 3. The van der Waals surface area contributed by atoms with Gasteiger partial charge in [0.15, 0.2) is 0 Å². The summed E-state index contributed by atoms with van der Waals surface area (Å²) in [7, 11) is 1.76. The maximum absolute atomic E-state index is 12.0. The zero-order valence-corrected chi connectivity index (χ0v) is 13.2. The van der Waals surface area contributed by atoms with Crippen molar-refractivity contribution in [3.63, 3.8) is 0 Å². The Morgan fingerprint density at radius 1 is 1.00 bits per heavy atom. The SMILES string of the molecule is CC(C)NC(=O)CN(C)CC(=O)N[C@@H](C)c1ccccc1. The molecule has 5 nitrogen and oxygen atoms in total. The molecule has 0 aliphatic carbocycles. The van der Waals surface area contributed by atoms with Crippen LogP contribution < -0.4 is 10.6 Å². The summed E-state index contributed by atoms with van der Waals surface area (Å²) < 4.78 is 0. The molecular weight excluding hydrogens is 266 g/mol. The molecule has 0 heterocycles. The number of hydrogen-bond donors (Lipinski definition) is 2. The minimum absolute atomic E-state index is 0.0448. The van der Waals surface area contributed by atoms with Gasteiger partial charge in [-0.3, -0.25) is 14.5 Å². The molecule has 2 N–H and O–H groups in total. The molecule has 0 fully saturated rings. The Morgan fingerprint density at radius 3 is 2.05 bits per heavy atom. The third-order valence-electron chi connectivity index (χ3n) is 2.95. The summed E-state index contributed by atoms with van der Waals surface area (Å²) in [6.45, 7) is 6.17. The van der Waals surface area contributed by atoms with Gasteiger partial charge in [-0.25, -0.2) is 0 Å². The normalized spacial score (nSPS) is 12.3. The molecule has 116 valence electrons. The molecular formula is C16H25N3O2. The summed E-state index contributed by atoms with van der Waals surface area (Å²) in [4.78, 5) is 25.3. The van der Waals surface area contributed by atoms with Gasteiger partial charge >= 0.3 is 0 Å². The lowest BCUT2D eigenvalue weighted by Crippen LogP contribution is -2.42. The molecule has 1 atom stereocenters. The lowest BCUT2D eigenvalue weighted by Gasteiger charge is -2.19. The van der Waals surface area contributed by atoms with Gasteiger partial charge in [0, 0.05) is 6.04 Å². The maximum atomic E-state index is 12.0. The number of likely N-dealkylation sites (N-methyl/N-ethyl adjacent to an activating group) is 1.